The summed E-state index contributed by atoms with van der Waals surface area (Å²) in [6, 6.07) is 9.98. The number of benzene rings is 2. The molecule has 0 saturated carbocycles. The third-order valence-corrected chi connectivity index (χ3v) is 4.05. The number of hydrazone groups is 1. The minimum absolute atomic E-state index is 0.215. The molecule has 0 fully saturated rings. The molecular formula is C19H20BrN3O5. The Morgan fingerprint density at radius 1 is 1.14 bits per heavy atom. The number of carbonyl (C=O) groups is 2. The molecule has 0 bridgehead atoms. The molecule has 0 unspecified atom stereocenters. The number of primary amides is 1. The normalized spacial score (nSPS) is 10.5. The number of hydrogen-bond acceptors (Lipinski definition) is 6. The van der Waals surface area contributed by atoms with Crippen LogP contribution in [-0.4, -0.2) is 38.4 Å². The van der Waals surface area contributed by atoms with Crippen molar-refractivity contribution in [2.45, 2.75) is 6.92 Å². The van der Waals surface area contributed by atoms with Gasteiger partial charge in [-0.3, -0.25) is 9.59 Å². The molecule has 0 spiro atoms. The molecule has 3 N–H and O–H groups in total. The van der Waals surface area contributed by atoms with Crippen molar-refractivity contribution in [2.75, 3.05) is 20.3 Å². The van der Waals surface area contributed by atoms with Crippen molar-refractivity contribution in [3.63, 3.8) is 0 Å². The number of nitrogens with one attached hydrogen (secondary N) is 1. The maximum Gasteiger partial charge on any atom is 0.271 e. The van der Waals surface area contributed by atoms with E-state index in [1.54, 1.807) is 36.4 Å². The molecule has 0 radical (unpaired) electrons. The summed E-state index contributed by atoms with van der Waals surface area (Å²) in [6.07, 6.45) is 1.48. The van der Waals surface area contributed by atoms with Crippen LogP contribution in [0.4, 0.5) is 0 Å². The molecular weight excluding hydrogens is 430 g/mol. The largest absolute Gasteiger partial charge is 0.493 e. The maximum atomic E-state index is 12.3. The van der Waals surface area contributed by atoms with Crippen molar-refractivity contribution >= 4 is 34.0 Å². The van der Waals surface area contributed by atoms with Gasteiger partial charge in [0.15, 0.2) is 18.1 Å². The van der Waals surface area contributed by atoms with Crippen molar-refractivity contribution in [3.05, 3.63) is 52.0 Å². The first-order chi connectivity index (χ1) is 13.4. The van der Waals surface area contributed by atoms with E-state index in [-0.39, 0.29) is 12.5 Å². The second-order valence-corrected chi connectivity index (χ2v) is 6.30. The number of carbonyl (C=O) groups excluding carboxylic acids is 2. The molecule has 0 aliphatic carbocycles. The molecule has 2 aromatic rings. The van der Waals surface area contributed by atoms with Crippen LogP contribution in [-0.2, 0) is 4.79 Å². The topological polar surface area (TPSA) is 112 Å². The van der Waals surface area contributed by atoms with E-state index in [4.69, 9.17) is 19.9 Å². The summed E-state index contributed by atoms with van der Waals surface area (Å²) in [5.74, 6) is 0.552. The van der Waals surface area contributed by atoms with Crippen molar-refractivity contribution in [1.82, 2.24) is 5.43 Å². The van der Waals surface area contributed by atoms with E-state index in [0.29, 0.717) is 39.5 Å². The highest BCUT2D eigenvalue weighted by atomic mass is 79.9. The zero-order valence-electron chi connectivity index (χ0n) is 15.4. The van der Waals surface area contributed by atoms with Crippen LogP contribution in [0.25, 0.3) is 0 Å². The Hall–Kier alpha value is -3.07. The van der Waals surface area contributed by atoms with Crippen LogP contribution in [0.3, 0.4) is 0 Å². The van der Waals surface area contributed by atoms with Crippen LogP contribution in [0.5, 0.6) is 17.2 Å². The van der Waals surface area contributed by atoms with Gasteiger partial charge in [-0.05, 0) is 64.8 Å². The highest BCUT2D eigenvalue weighted by molar-refractivity contribution is 9.10. The first kappa shape index (κ1) is 21.2. The zero-order chi connectivity index (χ0) is 20.5. The second-order valence-electron chi connectivity index (χ2n) is 5.44. The van der Waals surface area contributed by atoms with Crippen LogP contribution in [0, 0.1) is 0 Å². The molecule has 28 heavy (non-hydrogen) atoms. The summed E-state index contributed by atoms with van der Waals surface area (Å²) in [6.45, 7) is 2.08. The van der Waals surface area contributed by atoms with Crippen molar-refractivity contribution in [3.8, 4) is 17.2 Å². The highest BCUT2D eigenvalue weighted by Crippen LogP contribution is 2.28. The zero-order valence-corrected chi connectivity index (χ0v) is 17.0. The molecule has 148 valence electrons. The number of amides is 2. The fourth-order valence-electron chi connectivity index (χ4n) is 2.18. The Morgan fingerprint density at radius 3 is 2.54 bits per heavy atom. The average Bonchev–Trinajstić information content (AvgIpc) is 2.67. The molecule has 0 aliphatic heterocycles. The quantitative estimate of drug-likeness (QED) is 0.450. The molecule has 0 saturated heterocycles. The van der Waals surface area contributed by atoms with Gasteiger partial charge in [0.1, 0.15) is 5.75 Å². The van der Waals surface area contributed by atoms with Crippen LogP contribution in [0.2, 0.25) is 0 Å². The monoisotopic (exact) mass is 449 g/mol. The number of hydrogen-bond donors (Lipinski definition) is 2. The first-order valence-electron chi connectivity index (χ1n) is 8.29. The van der Waals surface area contributed by atoms with Crippen LogP contribution in [0.15, 0.2) is 46.0 Å². The third kappa shape index (κ3) is 5.98. The molecule has 0 aromatic heterocycles. The standard InChI is InChI=1S/C19H20BrN3O5/c1-3-27-17-9-13(5-7-16(17)26-2)19(25)23-22-10-12-4-6-15(14(20)8-12)28-11-18(21)24/h4-10H,3,11H2,1-2H3,(H2,21,24)(H,23,25)/b22-10+. The molecule has 2 aromatic carbocycles. The van der Waals surface area contributed by atoms with Gasteiger partial charge in [0, 0.05) is 5.56 Å². The molecule has 0 aliphatic rings. The van der Waals surface area contributed by atoms with E-state index in [2.05, 4.69) is 26.5 Å². The fraction of sp³-hybridized carbons (Fsp3) is 0.211. The van der Waals surface area contributed by atoms with E-state index >= 15 is 0 Å². The Morgan fingerprint density at radius 2 is 1.89 bits per heavy atom. The Bertz CT molecular complexity index is 886. The predicted molar refractivity (Wildman–Crippen MR) is 108 cm³/mol. The van der Waals surface area contributed by atoms with Gasteiger partial charge in [0.25, 0.3) is 11.8 Å². The van der Waals surface area contributed by atoms with Gasteiger partial charge in [0.2, 0.25) is 0 Å². The fourth-order valence-corrected chi connectivity index (χ4v) is 2.69. The lowest BCUT2D eigenvalue weighted by Crippen LogP contribution is -2.20. The summed E-state index contributed by atoms with van der Waals surface area (Å²) in [4.78, 5) is 23.0. The summed E-state index contributed by atoms with van der Waals surface area (Å²) in [5, 5.41) is 3.95. The van der Waals surface area contributed by atoms with Crippen LogP contribution < -0.4 is 25.4 Å². The van der Waals surface area contributed by atoms with Crippen LogP contribution in [0.1, 0.15) is 22.8 Å². The molecule has 0 atom stereocenters. The molecule has 2 amide bonds. The lowest BCUT2D eigenvalue weighted by atomic mass is 10.2. The van der Waals surface area contributed by atoms with Gasteiger partial charge in [-0.15, -0.1) is 0 Å². The van der Waals surface area contributed by atoms with Gasteiger partial charge >= 0.3 is 0 Å². The van der Waals surface area contributed by atoms with Crippen LogP contribution >= 0.6 is 15.9 Å². The minimum Gasteiger partial charge on any atom is -0.493 e. The molecule has 8 nitrogen and oxygen atoms in total. The number of rotatable bonds is 9. The highest BCUT2D eigenvalue weighted by Gasteiger charge is 2.10. The number of nitrogens with two attached hydrogens (primary N) is 1. The smallest absolute Gasteiger partial charge is 0.271 e. The summed E-state index contributed by atoms with van der Waals surface area (Å²) in [7, 11) is 1.53. The van der Waals surface area contributed by atoms with Crippen molar-refractivity contribution in [1.29, 1.82) is 0 Å². The third-order valence-electron chi connectivity index (χ3n) is 3.43. The van der Waals surface area contributed by atoms with E-state index in [0.717, 1.165) is 0 Å². The lowest BCUT2D eigenvalue weighted by molar-refractivity contribution is -0.119. The lowest BCUT2D eigenvalue weighted by Gasteiger charge is -2.10. The number of halogens is 1. The minimum atomic E-state index is -0.564. The van der Waals surface area contributed by atoms with E-state index < -0.39 is 5.91 Å². The molecule has 0 heterocycles. The second kappa shape index (κ2) is 10.3. The SMILES string of the molecule is CCOc1cc(C(=O)N/N=C/c2ccc(OCC(N)=O)c(Br)c2)ccc1OC. The van der Waals surface area contributed by atoms with Crippen molar-refractivity contribution in [2.24, 2.45) is 10.8 Å². The van der Waals surface area contributed by atoms with Gasteiger partial charge in [-0.25, -0.2) is 5.43 Å². The number of methoxy groups -OCH3 is 1. The van der Waals surface area contributed by atoms with E-state index in [1.807, 2.05) is 6.92 Å². The Labute approximate surface area is 170 Å². The molecule has 9 heteroatoms. The van der Waals surface area contributed by atoms with Gasteiger partial charge in [0.05, 0.1) is 24.4 Å². The van der Waals surface area contributed by atoms with Gasteiger partial charge in [-0.2, -0.15) is 5.10 Å². The Kier molecular flexibility index (Phi) is 7.82. The Balaban J connectivity index is 2.02. The van der Waals surface area contributed by atoms with E-state index in [9.17, 15) is 9.59 Å². The van der Waals surface area contributed by atoms with Gasteiger partial charge < -0.3 is 19.9 Å². The van der Waals surface area contributed by atoms with E-state index in [1.165, 1.54) is 13.3 Å². The number of nitrogens with zero attached hydrogens (tertiary/aromatic N) is 1. The first-order valence-corrected chi connectivity index (χ1v) is 9.08. The molecule has 2 rings (SSSR count). The predicted octanol–water partition coefficient (Wildman–Crippen LogP) is 2.48. The summed E-state index contributed by atoms with van der Waals surface area (Å²) >= 11 is 3.34. The summed E-state index contributed by atoms with van der Waals surface area (Å²) < 4.78 is 16.5. The average molecular weight is 450 g/mol. The summed E-state index contributed by atoms with van der Waals surface area (Å²) in [5.41, 5.74) is 8.60. The van der Waals surface area contributed by atoms with Crippen molar-refractivity contribution < 1.29 is 23.8 Å². The van der Waals surface area contributed by atoms with Gasteiger partial charge in [-0.1, -0.05) is 0 Å². The maximum absolute atomic E-state index is 12.3. The number of ether oxygens (including phenoxy) is 3.